The Labute approximate surface area is 245 Å². The lowest BCUT2D eigenvalue weighted by molar-refractivity contribution is -0.137. The quantitative estimate of drug-likeness (QED) is 0.328. The van der Waals surface area contributed by atoms with E-state index in [1.165, 1.54) is 39.5 Å². The van der Waals surface area contributed by atoms with Crippen LogP contribution in [-0.4, -0.2) is 51.1 Å². The number of anilines is 1. The molecule has 13 heteroatoms. The van der Waals surface area contributed by atoms with Crippen molar-refractivity contribution in [2.45, 2.75) is 38.5 Å². The van der Waals surface area contributed by atoms with Gasteiger partial charge < -0.3 is 24.8 Å². The van der Waals surface area contributed by atoms with Gasteiger partial charge >= 0.3 is 6.18 Å². The number of amides is 3. The number of rotatable bonds is 10. The van der Waals surface area contributed by atoms with Crippen LogP contribution in [0.4, 0.5) is 18.9 Å². The molecule has 3 amide bonds. The van der Waals surface area contributed by atoms with Gasteiger partial charge in [-0.05, 0) is 68.1 Å². The third-order valence-corrected chi connectivity index (χ3v) is 6.74. The molecule has 2 N–H and O–H groups in total. The van der Waals surface area contributed by atoms with Crippen LogP contribution in [0.1, 0.15) is 47.6 Å². The summed E-state index contributed by atoms with van der Waals surface area (Å²) in [6.45, 7) is 4.54. The van der Waals surface area contributed by atoms with Crippen molar-refractivity contribution in [1.29, 1.82) is 0 Å². The number of hydrogen-bond acceptors (Lipinski definition) is 7. The number of halogens is 3. The molecule has 2 aromatic carbocycles. The molecule has 0 aliphatic rings. The number of nitrogens with zero attached hydrogens (tertiary/aromatic N) is 1. The van der Waals surface area contributed by atoms with Crippen LogP contribution in [0.5, 0.6) is 17.2 Å². The van der Waals surface area contributed by atoms with Crippen molar-refractivity contribution in [2.75, 3.05) is 32.8 Å². The molecule has 0 aliphatic heterocycles. The summed E-state index contributed by atoms with van der Waals surface area (Å²) in [6.07, 6.45) is -4.73. The summed E-state index contributed by atoms with van der Waals surface area (Å²) < 4.78 is 57.5. The van der Waals surface area contributed by atoms with Crippen molar-refractivity contribution in [1.82, 2.24) is 10.6 Å². The van der Waals surface area contributed by atoms with E-state index in [1.807, 2.05) is 0 Å². The van der Waals surface area contributed by atoms with Crippen LogP contribution >= 0.6 is 11.3 Å². The van der Waals surface area contributed by atoms with Gasteiger partial charge in [0, 0.05) is 11.2 Å². The van der Waals surface area contributed by atoms with E-state index in [-0.39, 0.29) is 28.5 Å². The minimum Gasteiger partial charge on any atom is -0.493 e. The van der Waals surface area contributed by atoms with Crippen LogP contribution in [0.2, 0.25) is 0 Å². The van der Waals surface area contributed by atoms with Crippen LogP contribution < -0.4 is 29.7 Å². The predicted molar refractivity (Wildman–Crippen MR) is 152 cm³/mol. The molecule has 0 fully saturated rings. The summed E-state index contributed by atoms with van der Waals surface area (Å²) in [5.41, 5.74) is -1.88. The molecule has 3 aromatic rings. The van der Waals surface area contributed by atoms with Crippen molar-refractivity contribution in [3.8, 4) is 17.2 Å². The number of carbonyl (C=O) groups excluding carboxylic acids is 3. The highest BCUT2D eigenvalue weighted by Gasteiger charge is 2.38. The maximum absolute atomic E-state index is 13.9. The molecule has 1 heterocycles. The zero-order valence-electron chi connectivity index (χ0n) is 23.9. The highest BCUT2D eigenvalue weighted by molar-refractivity contribution is 7.12. The fourth-order valence-electron chi connectivity index (χ4n) is 4.12. The molecule has 3 rings (SSSR count). The highest BCUT2D eigenvalue weighted by Crippen LogP contribution is 2.42. The van der Waals surface area contributed by atoms with E-state index in [0.29, 0.717) is 4.88 Å². The topological polar surface area (TPSA) is 106 Å². The molecule has 0 radical (unpaired) electrons. The summed E-state index contributed by atoms with van der Waals surface area (Å²) in [4.78, 5) is 41.6. The number of ether oxygens (including phenoxy) is 3. The number of hydrogen-bond donors (Lipinski definition) is 2. The SMILES string of the molecule is COc1cc(C(C(=O)NC(C)(C)C)N(C(=O)CNC(=O)c2cccs2)c2cccc(C(F)(F)F)c2)cc(OC)c1OC. The maximum Gasteiger partial charge on any atom is 0.416 e. The van der Waals surface area contributed by atoms with E-state index in [1.54, 1.807) is 38.3 Å². The normalized spacial score (nSPS) is 12.2. The molecule has 0 spiro atoms. The van der Waals surface area contributed by atoms with Crippen molar-refractivity contribution >= 4 is 34.7 Å². The monoisotopic (exact) mass is 607 g/mol. The molecule has 0 bridgehead atoms. The Bertz CT molecular complexity index is 1400. The molecule has 1 atom stereocenters. The molecule has 9 nitrogen and oxygen atoms in total. The lowest BCUT2D eigenvalue weighted by atomic mass is 9.99. The van der Waals surface area contributed by atoms with E-state index in [4.69, 9.17) is 14.2 Å². The van der Waals surface area contributed by atoms with Gasteiger partial charge in [0.25, 0.3) is 5.91 Å². The first-order valence-electron chi connectivity index (χ1n) is 12.6. The zero-order valence-corrected chi connectivity index (χ0v) is 24.7. The Balaban J connectivity index is 2.23. The first-order valence-corrected chi connectivity index (χ1v) is 13.5. The van der Waals surface area contributed by atoms with E-state index >= 15 is 0 Å². The van der Waals surface area contributed by atoms with Crippen molar-refractivity contribution in [3.05, 3.63) is 69.9 Å². The zero-order chi connectivity index (χ0) is 31.2. The van der Waals surface area contributed by atoms with Crippen molar-refractivity contribution in [3.63, 3.8) is 0 Å². The van der Waals surface area contributed by atoms with Crippen LogP contribution in [0.25, 0.3) is 0 Å². The molecule has 1 unspecified atom stereocenters. The molecular formula is C29H32F3N3O6S. The first kappa shape index (κ1) is 32.3. The van der Waals surface area contributed by atoms with E-state index in [0.717, 1.165) is 34.4 Å². The van der Waals surface area contributed by atoms with Crippen molar-refractivity contribution < 1.29 is 41.8 Å². The molecular weight excluding hydrogens is 575 g/mol. The van der Waals surface area contributed by atoms with Gasteiger partial charge in [0.2, 0.25) is 17.6 Å². The van der Waals surface area contributed by atoms with Crippen LogP contribution in [0, 0.1) is 0 Å². The number of nitrogens with one attached hydrogen (secondary N) is 2. The third kappa shape index (κ3) is 7.72. The number of thiophene rings is 1. The molecule has 0 aliphatic carbocycles. The van der Waals surface area contributed by atoms with Gasteiger partial charge in [0.1, 0.15) is 6.04 Å². The van der Waals surface area contributed by atoms with Crippen LogP contribution in [0.15, 0.2) is 53.9 Å². The Kier molecular flexibility index (Phi) is 10.1. The van der Waals surface area contributed by atoms with Crippen LogP contribution in [-0.2, 0) is 15.8 Å². The number of carbonyl (C=O) groups is 3. The fourth-order valence-corrected chi connectivity index (χ4v) is 4.76. The summed E-state index contributed by atoms with van der Waals surface area (Å²) in [5.74, 6) is -1.58. The van der Waals surface area contributed by atoms with E-state index < -0.39 is 47.6 Å². The second-order valence-electron chi connectivity index (χ2n) is 10.1. The average molecular weight is 608 g/mol. The van der Waals surface area contributed by atoms with Crippen molar-refractivity contribution in [2.24, 2.45) is 0 Å². The Morgan fingerprint density at radius 3 is 2.07 bits per heavy atom. The Morgan fingerprint density at radius 1 is 0.929 bits per heavy atom. The van der Waals surface area contributed by atoms with Gasteiger partial charge in [0.05, 0.1) is 38.3 Å². The summed E-state index contributed by atoms with van der Waals surface area (Å²) in [6, 6.07) is 8.62. The van der Waals surface area contributed by atoms with E-state index in [2.05, 4.69) is 10.6 Å². The number of methoxy groups -OCH3 is 3. The second-order valence-corrected chi connectivity index (χ2v) is 11.0. The fraction of sp³-hybridized carbons (Fsp3) is 0.345. The summed E-state index contributed by atoms with van der Waals surface area (Å²) in [7, 11) is 4.11. The van der Waals surface area contributed by atoms with Gasteiger partial charge in [-0.3, -0.25) is 19.3 Å². The lowest BCUT2D eigenvalue weighted by Crippen LogP contribution is -2.51. The molecule has 0 saturated carbocycles. The Hall–Kier alpha value is -4.26. The summed E-state index contributed by atoms with van der Waals surface area (Å²) >= 11 is 1.15. The van der Waals surface area contributed by atoms with Crippen LogP contribution in [0.3, 0.4) is 0 Å². The maximum atomic E-state index is 13.9. The lowest BCUT2D eigenvalue weighted by Gasteiger charge is -2.34. The average Bonchev–Trinajstić information content (AvgIpc) is 3.47. The highest BCUT2D eigenvalue weighted by atomic mass is 32.1. The minimum absolute atomic E-state index is 0.154. The standard InChI is InChI=1S/C29H32F3N3O6S/c1-28(2,3)34-27(38)24(17-13-20(39-4)25(41-6)21(14-17)40-5)35(19-10-7-9-18(15-19)29(30,31)32)23(36)16-33-26(37)22-11-8-12-42-22/h7-15,24H,16H2,1-6H3,(H,33,37)(H,34,38). The summed E-state index contributed by atoms with van der Waals surface area (Å²) in [5, 5.41) is 6.98. The van der Waals surface area contributed by atoms with Gasteiger partial charge in [-0.15, -0.1) is 11.3 Å². The molecule has 1 aromatic heterocycles. The largest absolute Gasteiger partial charge is 0.493 e. The Morgan fingerprint density at radius 2 is 1.57 bits per heavy atom. The predicted octanol–water partition coefficient (Wildman–Crippen LogP) is 5.21. The van der Waals surface area contributed by atoms with Gasteiger partial charge in [-0.2, -0.15) is 13.2 Å². The van der Waals surface area contributed by atoms with Gasteiger partial charge in [-0.1, -0.05) is 12.1 Å². The molecule has 42 heavy (non-hydrogen) atoms. The second kappa shape index (κ2) is 13.1. The first-order chi connectivity index (χ1) is 19.7. The smallest absolute Gasteiger partial charge is 0.416 e. The third-order valence-electron chi connectivity index (χ3n) is 5.87. The van der Waals surface area contributed by atoms with Gasteiger partial charge in [0.15, 0.2) is 11.5 Å². The molecule has 226 valence electrons. The number of alkyl halides is 3. The van der Waals surface area contributed by atoms with Gasteiger partial charge in [-0.25, -0.2) is 0 Å². The van der Waals surface area contributed by atoms with E-state index in [9.17, 15) is 27.6 Å². The number of benzene rings is 2. The molecule has 0 saturated heterocycles. The minimum atomic E-state index is -4.73.